The highest BCUT2D eigenvalue weighted by atomic mass is 79.9. The number of carbonyl (C=O) groups excluding carboxylic acids is 2. The van der Waals surface area contributed by atoms with E-state index in [1.807, 2.05) is 30.3 Å². The van der Waals surface area contributed by atoms with Crippen LogP contribution in [0.25, 0.3) is 0 Å². The number of carbonyl (C=O) groups is 2. The predicted molar refractivity (Wildman–Crippen MR) is 124 cm³/mol. The van der Waals surface area contributed by atoms with Gasteiger partial charge in [0.2, 0.25) is 17.8 Å². The van der Waals surface area contributed by atoms with E-state index in [2.05, 4.69) is 46.3 Å². The maximum absolute atomic E-state index is 12.4. The smallest absolute Gasteiger partial charge is 0.225 e. The van der Waals surface area contributed by atoms with Gasteiger partial charge in [-0.05, 0) is 36.7 Å². The lowest BCUT2D eigenvalue weighted by atomic mass is 10.0. The summed E-state index contributed by atoms with van der Waals surface area (Å²) in [7, 11) is 0. The van der Waals surface area contributed by atoms with Gasteiger partial charge in [0.1, 0.15) is 0 Å². The van der Waals surface area contributed by atoms with Crippen molar-refractivity contribution in [1.29, 1.82) is 0 Å². The summed E-state index contributed by atoms with van der Waals surface area (Å²) in [6, 6.07) is 9.14. The Bertz CT molecular complexity index is 841. The molecule has 1 aromatic heterocycles. The van der Waals surface area contributed by atoms with Crippen molar-refractivity contribution in [2.45, 2.75) is 25.8 Å². The number of benzene rings is 1. The van der Waals surface area contributed by atoms with Gasteiger partial charge in [0.05, 0.1) is 12.5 Å². The lowest BCUT2D eigenvalue weighted by Gasteiger charge is -2.34. The Balaban J connectivity index is 1.36. The van der Waals surface area contributed by atoms with Gasteiger partial charge in [0.15, 0.2) is 0 Å². The van der Waals surface area contributed by atoms with E-state index in [-0.39, 0.29) is 24.3 Å². The SMILES string of the molecule is CC(=O)NC(CC(=O)NCCCN1CCN(c2ncccn2)CC1)c1ccc(Br)cc1. The standard InChI is InChI=1S/C22H29BrN6O2/c1-17(30)27-20(18-4-6-19(23)7-5-18)16-21(31)24-10-3-11-28-12-14-29(15-13-28)22-25-8-2-9-26-22/h2,4-9,20H,3,10-16H2,1H3,(H,24,31)(H,27,30). The molecule has 1 aliphatic rings. The first-order valence-electron chi connectivity index (χ1n) is 10.5. The molecule has 2 N–H and O–H groups in total. The first-order valence-corrected chi connectivity index (χ1v) is 11.3. The van der Waals surface area contributed by atoms with Crippen LogP contribution in [0.2, 0.25) is 0 Å². The highest BCUT2D eigenvalue weighted by molar-refractivity contribution is 9.10. The average molecular weight is 489 g/mol. The fourth-order valence-corrected chi connectivity index (χ4v) is 3.87. The third kappa shape index (κ3) is 7.59. The Morgan fingerprint density at radius 3 is 2.42 bits per heavy atom. The molecular formula is C22H29BrN6O2. The van der Waals surface area contributed by atoms with E-state index in [0.717, 1.165) is 55.1 Å². The highest BCUT2D eigenvalue weighted by Gasteiger charge is 2.19. The molecule has 0 radical (unpaired) electrons. The topological polar surface area (TPSA) is 90.5 Å². The number of nitrogens with zero attached hydrogens (tertiary/aromatic N) is 4. The van der Waals surface area contributed by atoms with Crippen LogP contribution in [0.15, 0.2) is 47.2 Å². The van der Waals surface area contributed by atoms with Crippen LogP contribution in [0.3, 0.4) is 0 Å². The maximum atomic E-state index is 12.4. The van der Waals surface area contributed by atoms with Crippen LogP contribution in [-0.2, 0) is 9.59 Å². The van der Waals surface area contributed by atoms with E-state index < -0.39 is 0 Å². The van der Waals surface area contributed by atoms with Gasteiger partial charge in [-0.15, -0.1) is 0 Å². The van der Waals surface area contributed by atoms with E-state index in [1.165, 1.54) is 6.92 Å². The van der Waals surface area contributed by atoms with Gasteiger partial charge in [-0.2, -0.15) is 0 Å². The number of piperazine rings is 1. The van der Waals surface area contributed by atoms with Crippen LogP contribution in [0.1, 0.15) is 31.4 Å². The quantitative estimate of drug-likeness (QED) is 0.525. The molecule has 0 bridgehead atoms. The lowest BCUT2D eigenvalue weighted by molar-refractivity contribution is -0.122. The number of rotatable bonds is 9. The van der Waals surface area contributed by atoms with Crippen LogP contribution >= 0.6 is 15.9 Å². The van der Waals surface area contributed by atoms with Gasteiger partial charge in [0.25, 0.3) is 0 Å². The van der Waals surface area contributed by atoms with E-state index in [9.17, 15) is 9.59 Å². The Morgan fingerprint density at radius 1 is 1.10 bits per heavy atom. The molecule has 3 rings (SSSR count). The minimum atomic E-state index is -0.334. The van der Waals surface area contributed by atoms with Crippen molar-refractivity contribution in [2.75, 3.05) is 44.2 Å². The van der Waals surface area contributed by atoms with Crippen molar-refractivity contribution >= 4 is 33.7 Å². The predicted octanol–water partition coefficient (Wildman–Crippen LogP) is 2.13. The van der Waals surface area contributed by atoms with Gasteiger partial charge >= 0.3 is 0 Å². The summed E-state index contributed by atoms with van der Waals surface area (Å²) in [5, 5.41) is 5.85. The summed E-state index contributed by atoms with van der Waals surface area (Å²) in [5.41, 5.74) is 0.911. The highest BCUT2D eigenvalue weighted by Crippen LogP contribution is 2.20. The first-order chi connectivity index (χ1) is 15.0. The molecule has 2 amide bonds. The van der Waals surface area contributed by atoms with Crippen molar-refractivity contribution in [3.63, 3.8) is 0 Å². The summed E-state index contributed by atoms with van der Waals surface area (Å²) >= 11 is 3.41. The number of amides is 2. The molecule has 2 aromatic rings. The second kappa shape index (κ2) is 11.8. The van der Waals surface area contributed by atoms with Crippen molar-refractivity contribution in [3.8, 4) is 0 Å². The molecule has 0 saturated carbocycles. The minimum Gasteiger partial charge on any atom is -0.356 e. The molecule has 1 saturated heterocycles. The molecule has 31 heavy (non-hydrogen) atoms. The maximum Gasteiger partial charge on any atom is 0.225 e. The van der Waals surface area contributed by atoms with Crippen LogP contribution < -0.4 is 15.5 Å². The van der Waals surface area contributed by atoms with Crippen LogP contribution in [-0.4, -0.2) is 66.0 Å². The fourth-order valence-electron chi connectivity index (χ4n) is 3.61. The summed E-state index contributed by atoms with van der Waals surface area (Å²) in [5.74, 6) is 0.572. The normalized spacial score (nSPS) is 15.4. The minimum absolute atomic E-state index is 0.0623. The molecule has 0 spiro atoms. The second-order valence-corrected chi connectivity index (χ2v) is 8.51. The van der Waals surface area contributed by atoms with E-state index in [1.54, 1.807) is 12.4 Å². The molecule has 1 aromatic carbocycles. The Kier molecular flexibility index (Phi) is 8.78. The van der Waals surface area contributed by atoms with Gasteiger partial charge in [-0.1, -0.05) is 28.1 Å². The van der Waals surface area contributed by atoms with E-state index in [4.69, 9.17) is 0 Å². The molecule has 1 atom stereocenters. The lowest BCUT2D eigenvalue weighted by Crippen LogP contribution is -2.47. The molecule has 9 heteroatoms. The van der Waals surface area contributed by atoms with Crippen LogP contribution in [0.4, 0.5) is 5.95 Å². The van der Waals surface area contributed by atoms with Crippen LogP contribution in [0.5, 0.6) is 0 Å². The molecule has 166 valence electrons. The molecule has 1 fully saturated rings. The number of anilines is 1. The zero-order chi connectivity index (χ0) is 22.1. The zero-order valence-electron chi connectivity index (χ0n) is 17.8. The number of halogens is 1. The Labute approximate surface area is 191 Å². The molecule has 1 unspecified atom stereocenters. The van der Waals surface area contributed by atoms with Gasteiger partial charge in [0, 0.05) is 56.5 Å². The third-order valence-electron chi connectivity index (χ3n) is 5.22. The zero-order valence-corrected chi connectivity index (χ0v) is 19.3. The molecule has 0 aliphatic carbocycles. The van der Waals surface area contributed by atoms with Crippen molar-refractivity contribution < 1.29 is 9.59 Å². The summed E-state index contributed by atoms with van der Waals surface area (Å²) in [4.78, 5) is 37.2. The summed E-state index contributed by atoms with van der Waals surface area (Å²) < 4.78 is 0.958. The van der Waals surface area contributed by atoms with E-state index in [0.29, 0.717) is 6.54 Å². The van der Waals surface area contributed by atoms with Crippen molar-refractivity contribution in [1.82, 2.24) is 25.5 Å². The van der Waals surface area contributed by atoms with Crippen molar-refractivity contribution in [3.05, 3.63) is 52.8 Å². The number of hydrogen-bond acceptors (Lipinski definition) is 6. The Hall–Kier alpha value is -2.52. The number of aromatic nitrogens is 2. The number of nitrogens with one attached hydrogen (secondary N) is 2. The average Bonchev–Trinajstić information content (AvgIpc) is 2.77. The van der Waals surface area contributed by atoms with Gasteiger partial charge in [-0.3, -0.25) is 14.5 Å². The molecule has 8 nitrogen and oxygen atoms in total. The fraction of sp³-hybridized carbons (Fsp3) is 0.455. The molecule has 2 heterocycles. The van der Waals surface area contributed by atoms with E-state index >= 15 is 0 Å². The largest absolute Gasteiger partial charge is 0.356 e. The van der Waals surface area contributed by atoms with Crippen LogP contribution in [0, 0.1) is 0 Å². The van der Waals surface area contributed by atoms with Gasteiger partial charge in [-0.25, -0.2) is 9.97 Å². The molecule has 1 aliphatic heterocycles. The van der Waals surface area contributed by atoms with Gasteiger partial charge < -0.3 is 15.5 Å². The third-order valence-corrected chi connectivity index (χ3v) is 5.75. The monoisotopic (exact) mass is 488 g/mol. The number of hydrogen-bond donors (Lipinski definition) is 2. The second-order valence-electron chi connectivity index (χ2n) is 7.59. The Morgan fingerprint density at radius 2 is 1.77 bits per heavy atom. The summed E-state index contributed by atoms with van der Waals surface area (Å²) in [6.07, 6.45) is 4.64. The summed E-state index contributed by atoms with van der Waals surface area (Å²) in [6.45, 7) is 6.75. The molecular weight excluding hydrogens is 460 g/mol. The van der Waals surface area contributed by atoms with Crippen molar-refractivity contribution in [2.24, 2.45) is 0 Å². The first kappa shape index (κ1) is 23.1.